The topological polar surface area (TPSA) is 38.5 Å². The van der Waals surface area contributed by atoms with Gasteiger partial charge in [0.1, 0.15) is 0 Å². The molecule has 1 saturated heterocycles. The molecule has 2 fully saturated rings. The lowest BCUT2D eigenvalue weighted by atomic mass is 9.75. The van der Waals surface area contributed by atoms with E-state index in [1.807, 2.05) is 0 Å². The number of nitrogens with two attached hydrogens (primary N) is 1. The molecule has 1 saturated carbocycles. The molecule has 0 aromatic rings. The molecule has 1 heterocycles. The van der Waals surface area contributed by atoms with Crippen molar-refractivity contribution in [3.05, 3.63) is 0 Å². The molecule has 0 amide bonds. The first kappa shape index (κ1) is 15.3. The zero-order valence-corrected chi connectivity index (χ0v) is 12.8. The Labute approximate surface area is 118 Å². The third-order valence-electron chi connectivity index (χ3n) is 5.35. The molecule has 3 unspecified atom stereocenters. The third-order valence-corrected chi connectivity index (χ3v) is 5.35. The first-order valence-electron chi connectivity index (χ1n) is 8.26. The number of hydrogen-bond donors (Lipinski definition) is 1. The molecule has 19 heavy (non-hydrogen) atoms. The van der Waals surface area contributed by atoms with Gasteiger partial charge in [0.05, 0.1) is 0 Å². The van der Waals surface area contributed by atoms with Gasteiger partial charge >= 0.3 is 0 Å². The van der Waals surface area contributed by atoms with Gasteiger partial charge in [0.2, 0.25) is 0 Å². The maximum absolute atomic E-state index is 6.03. The van der Waals surface area contributed by atoms with Crippen molar-refractivity contribution < 1.29 is 4.74 Å². The van der Waals surface area contributed by atoms with Gasteiger partial charge in [-0.05, 0) is 51.1 Å². The van der Waals surface area contributed by atoms with Crippen molar-refractivity contribution in [1.82, 2.24) is 4.90 Å². The predicted molar refractivity (Wildman–Crippen MR) is 80.2 cm³/mol. The third kappa shape index (κ3) is 3.93. The molecule has 112 valence electrons. The van der Waals surface area contributed by atoms with Crippen molar-refractivity contribution in [2.24, 2.45) is 17.6 Å². The molecule has 2 rings (SSSR count). The van der Waals surface area contributed by atoms with Crippen LogP contribution >= 0.6 is 0 Å². The predicted octanol–water partition coefficient (Wildman–Crippen LogP) is 2.64. The Kier molecular flexibility index (Phi) is 6.11. The van der Waals surface area contributed by atoms with Crippen LogP contribution in [0.4, 0.5) is 0 Å². The molecule has 0 bridgehead atoms. The average Bonchev–Trinajstić information content (AvgIpc) is 2.47. The lowest BCUT2D eigenvalue weighted by Gasteiger charge is -2.45. The van der Waals surface area contributed by atoms with Crippen molar-refractivity contribution >= 4 is 0 Å². The fraction of sp³-hybridized carbons (Fsp3) is 1.00. The molecule has 0 aromatic carbocycles. The van der Waals surface area contributed by atoms with Gasteiger partial charge in [-0.1, -0.05) is 26.2 Å². The summed E-state index contributed by atoms with van der Waals surface area (Å²) in [5, 5.41) is 0. The van der Waals surface area contributed by atoms with E-state index in [0.29, 0.717) is 18.0 Å². The van der Waals surface area contributed by atoms with E-state index in [1.165, 1.54) is 44.9 Å². The smallest absolute Gasteiger partial charge is 0.0480 e. The molecule has 1 aliphatic carbocycles. The minimum absolute atomic E-state index is 0.707. The Hall–Kier alpha value is -0.120. The Morgan fingerprint density at radius 1 is 1.16 bits per heavy atom. The Morgan fingerprint density at radius 3 is 2.53 bits per heavy atom. The van der Waals surface area contributed by atoms with Crippen LogP contribution in [0.3, 0.4) is 0 Å². The van der Waals surface area contributed by atoms with E-state index in [4.69, 9.17) is 10.5 Å². The van der Waals surface area contributed by atoms with Crippen LogP contribution in [0.15, 0.2) is 0 Å². The summed E-state index contributed by atoms with van der Waals surface area (Å²) in [7, 11) is 2.33. The number of rotatable bonds is 5. The molecule has 2 N–H and O–H groups in total. The fourth-order valence-electron chi connectivity index (χ4n) is 4.10. The van der Waals surface area contributed by atoms with Gasteiger partial charge in [0.25, 0.3) is 0 Å². The summed E-state index contributed by atoms with van der Waals surface area (Å²) in [6.07, 6.45) is 9.21. The Bertz CT molecular complexity index is 253. The maximum Gasteiger partial charge on any atom is 0.0480 e. The summed E-state index contributed by atoms with van der Waals surface area (Å²) in [5.41, 5.74) is 6.03. The minimum atomic E-state index is 0.707. The van der Waals surface area contributed by atoms with Gasteiger partial charge in [-0.15, -0.1) is 0 Å². The summed E-state index contributed by atoms with van der Waals surface area (Å²) in [5.74, 6) is 1.64. The van der Waals surface area contributed by atoms with Crippen molar-refractivity contribution in [3.63, 3.8) is 0 Å². The largest absolute Gasteiger partial charge is 0.381 e. The van der Waals surface area contributed by atoms with Crippen molar-refractivity contribution in [2.75, 3.05) is 26.8 Å². The highest BCUT2D eigenvalue weighted by Gasteiger charge is 2.34. The monoisotopic (exact) mass is 268 g/mol. The van der Waals surface area contributed by atoms with E-state index in [1.54, 1.807) is 0 Å². The van der Waals surface area contributed by atoms with Gasteiger partial charge in [-0.2, -0.15) is 0 Å². The molecular weight excluding hydrogens is 236 g/mol. The molecular formula is C16H32N2O. The molecule has 3 heteroatoms. The minimum Gasteiger partial charge on any atom is -0.381 e. The van der Waals surface area contributed by atoms with Crippen LogP contribution in [0.25, 0.3) is 0 Å². The highest BCUT2D eigenvalue weighted by molar-refractivity contribution is 4.89. The van der Waals surface area contributed by atoms with E-state index in [-0.39, 0.29) is 0 Å². The quantitative estimate of drug-likeness (QED) is 0.833. The molecule has 1 aliphatic heterocycles. The van der Waals surface area contributed by atoms with Crippen LogP contribution in [0, 0.1) is 11.8 Å². The number of hydrogen-bond acceptors (Lipinski definition) is 3. The van der Waals surface area contributed by atoms with E-state index < -0.39 is 0 Å². The van der Waals surface area contributed by atoms with Gasteiger partial charge in [-0.25, -0.2) is 0 Å². The molecule has 3 atom stereocenters. The summed E-state index contributed by atoms with van der Waals surface area (Å²) in [4.78, 5) is 2.65. The highest BCUT2D eigenvalue weighted by atomic mass is 16.5. The molecule has 3 nitrogen and oxygen atoms in total. The lowest BCUT2D eigenvalue weighted by Crippen LogP contribution is -2.50. The normalized spacial score (nSPS) is 33.8. The summed E-state index contributed by atoms with van der Waals surface area (Å²) >= 11 is 0. The molecule has 2 aliphatic rings. The molecule has 0 aromatic heterocycles. The number of ether oxygens (including phenoxy) is 1. The van der Waals surface area contributed by atoms with Crippen molar-refractivity contribution in [3.8, 4) is 0 Å². The summed E-state index contributed by atoms with van der Waals surface area (Å²) < 4.78 is 5.50. The van der Waals surface area contributed by atoms with E-state index in [2.05, 4.69) is 18.9 Å². The van der Waals surface area contributed by atoms with E-state index in [9.17, 15) is 0 Å². The summed E-state index contributed by atoms with van der Waals surface area (Å²) in [6.45, 7) is 5.05. The van der Waals surface area contributed by atoms with E-state index in [0.717, 1.165) is 25.7 Å². The van der Waals surface area contributed by atoms with Crippen LogP contribution in [-0.4, -0.2) is 43.8 Å². The standard InChI is InChI=1S/C16H32N2O/c1-3-4-13-5-6-14(12-17)16(11-13)18(2)15-7-9-19-10-8-15/h13-16H,3-12,17H2,1-2H3. The Morgan fingerprint density at radius 2 is 1.89 bits per heavy atom. The Balaban J connectivity index is 1.95. The van der Waals surface area contributed by atoms with E-state index >= 15 is 0 Å². The second-order valence-electron chi connectivity index (χ2n) is 6.54. The molecule has 0 radical (unpaired) electrons. The summed E-state index contributed by atoms with van der Waals surface area (Å²) in [6, 6.07) is 1.42. The lowest BCUT2D eigenvalue weighted by molar-refractivity contribution is 0.00158. The number of nitrogens with zero attached hydrogens (tertiary/aromatic N) is 1. The first-order chi connectivity index (χ1) is 9.26. The zero-order chi connectivity index (χ0) is 13.7. The van der Waals surface area contributed by atoms with Crippen molar-refractivity contribution in [2.45, 2.75) is 64.0 Å². The highest BCUT2D eigenvalue weighted by Crippen LogP contribution is 2.35. The fourth-order valence-corrected chi connectivity index (χ4v) is 4.10. The maximum atomic E-state index is 6.03. The van der Waals surface area contributed by atoms with Crippen LogP contribution < -0.4 is 5.73 Å². The van der Waals surface area contributed by atoms with Gasteiger partial charge in [0, 0.05) is 25.3 Å². The zero-order valence-electron chi connectivity index (χ0n) is 12.8. The second kappa shape index (κ2) is 7.61. The van der Waals surface area contributed by atoms with Crippen molar-refractivity contribution in [1.29, 1.82) is 0 Å². The average molecular weight is 268 g/mol. The van der Waals surface area contributed by atoms with Crippen LogP contribution in [0.1, 0.15) is 51.9 Å². The van der Waals surface area contributed by atoms with Crippen LogP contribution in [0.5, 0.6) is 0 Å². The van der Waals surface area contributed by atoms with Crippen LogP contribution in [0.2, 0.25) is 0 Å². The first-order valence-corrected chi connectivity index (χ1v) is 8.26. The van der Waals surface area contributed by atoms with Crippen LogP contribution in [-0.2, 0) is 4.74 Å². The SMILES string of the molecule is CCCC1CCC(CN)C(N(C)C2CCOCC2)C1. The van der Waals surface area contributed by atoms with Gasteiger partial charge in [-0.3, -0.25) is 4.90 Å². The second-order valence-corrected chi connectivity index (χ2v) is 6.54. The van der Waals surface area contributed by atoms with Gasteiger partial charge in [0.15, 0.2) is 0 Å². The molecule has 0 spiro atoms. The van der Waals surface area contributed by atoms with Gasteiger partial charge < -0.3 is 10.5 Å².